The fourth-order valence-corrected chi connectivity index (χ4v) is 2.86. The number of hydrogen-bond acceptors (Lipinski definition) is 3. The molecule has 0 spiro atoms. The lowest BCUT2D eigenvalue weighted by Gasteiger charge is -2.19. The molecule has 118 valence electrons. The van der Waals surface area contributed by atoms with Gasteiger partial charge in [-0.1, -0.05) is 41.9 Å². The van der Waals surface area contributed by atoms with Crippen molar-refractivity contribution in [2.45, 2.75) is 12.7 Å². The van der Waals surface area contributed by atoms with Gasteiger partial charge < -0.3 is 14.8 Å². The summed E-state index contributed by atoms with van der Waals surface area (Å²) in [6.07, 6.45) is 2.46. The van der Waals surface area contributed by atoms with E-state index in [-0.39, 0.29) is 6.61 Å². The molecule has 1 aromatic heterocycles. The third-order valence-electron chi connectivity index (χ3n) is 3.91. The molecule has 0 saturated heterocycles. The first-order valence-corrected chi connectivity index (χ1v) is 7.62. The second-order valence-electron chi connectivity index (χ2n) is 5.38. The molecule has 4 nitrogen and oxygen atoms in total. The van der Waals surface area contributed by atoms with Crippen LogP contribution in [0.2, 0.25) is 5.02 Å². The molecule has 0 amide bonds. The lowest BCUT2D eigenvalue weighted by Crippen LogP contribution is -2.08. The van der Waals surface area contributed by atoms with Crippen LogP contribution in [0.25, 0.3) is 11.1 Å². The van der Waals surface area contributed by atoms with Crippen molar-refractivity contribution >= 4 is 11.6 Å². The minimum Gasteiger partial charge on any atom is -0.392 e. The number of imidazole rings is 1. The molecule has 0 aliphatic heterocycles. The van der Waals surface area contributed by atoms with Crippen molar-refractivity contribution in [1.82, 2.24) is 9.55 Å². The molecule has 0 saturated carbocycles. The Morgan fingerprint density at radius 1 is 1.17 bits per heavy atom. The van der Waals surface area contributed by atoms with Gasteiger partial charge in [0.2, 0.25) is 0 Å². The third-order valence-corrected chi connectivity index (χ3v) is 4.17. The van der Waals surface area contributed by atoms with Crippen LogP contribution in [-0.4, -0.2) is 19.8 Å². The van der Waals surface area contributed by atoms with Crippen LogP contribution >= 0.6 is 11.6 Å². The number of aliphatic hydroxyl groups is 2. The third kappa shape index (κ3) is 3.01. The average molecular weight is 329 g/mol. The maximum absolute atomic E-state index is 10.8. The molecule has 3 aromatic rings. The summed E-state index contributed by atoms with van der Waals surface area (Å²) in [4.78, 5) is 4.06. The summed E-state index contributed by atoms with van der Waals surface area (Å²) in [7, 11) is 1.84. The largest absolute Gasteiger partial charge is 0.392 e. The monoisotopic (exact) mass is 328 g/mol. The van der Waals surface area contributed by atoms with E-state index in [2.05, 4.69) is 4.98 Å². The highest BCUT2D eigenvalue weighted by atomic mass is 35.5. The van der Waals surface area contributed by atoms with Crippen molar-refractivity contribution in [2.24, 2.45) is 7.05 Å². The smallest absolute Gasteiger partial charge is 0.121 e. The summed E-state index contributed by atoms with van der Waals surface area (Å²) in [5.41, 5.74) is 3.89. The molecule has 0 fully saturated rings. The molecule has 2 aromatic carbocycles. The van der Waals surface area contributed by atoms with Crippen molar-refractivity contribution in [1.29, 1.82) is 0 Å². The van der Waals surface area contributed by atoms with Gasteiger partial charge in [0, 0.05) is 12.1 Å². The maximum atomic E-state index is 10.8. The van der Waals surface area contributed by atoms with E-state index in [1.807, 2.05) is 37.4 Å². The first kappa shape index (κ1) is 15.7. The van der Waals surface area contributed by atoms with Crippen LogP contribution in [0, 0.1) is 0 Å². The molecule has 1 heterocycles. The summed E-state index contributed by atoms with van der Waals surface area (Å²) >= 11 is 5.97. The van der Waals surface area contributed by atoms with E-state index >= 15 is 0 Å². The van der Waals surface area contributed by atoms with Crippen molar-refractivity contribution in [3.8, 4) is 11.1 Å². The number of nitrogens with zero attached hydrogens (tertiary/aromatic N) is 2. The molecule has 0 aliphatic rings. The maximum Gasteiger partial charge on any atom is 0.121 e. The van der Waals surface area contributed by atoms with Crippen LogP contribution in [0.15, 0.2) is 55.0 Å². The first-order chi connectivity index (χ1) is 11.1. The van der Waals surface area contributed by atoms with Crippen LogP contribution < -0.4 is 0 Å². The van der Waals surface area contributed by atoms with Gasteiger partial charge in [-0.3, -0.25) is 0 Å². The Balaban J connectivity index is 2.17. The van der Waals surface area contributed by atoms with Crippen molar-refractivity contribution in [2.75, 3.05) is 0 Å². The van der Waals surface area contributed by atoms with Gasteiger partial charge in [-0.2, -0.15) is 0 Å². The number of aliphatic hydroxyl groups excluding tert-OH is 2. The Hall–Kier alpha value is -2.14. The standard InChI is InChI=1S/C18H17ClN2O2/c1-21-11-20-9-16(21)18(23)15-4-2-3-13(10-22)17(15)12-5-7-14(19)8-6-12/h2-9,11,18,22-23H,10H2,1H3. The number of rotatable bonds is 4. The van der Waals surface area contributed by atoms with Gasteiger partial charge in [0.05, 0.1) is 24.8 Å². The highest BCUT2D eigenvalue weighted by molar-refractivity contribution is 6.30. The second-order valence-corrected chi connectivity index (χ2v) is 5.81. The zero-order chi connectivity index (χ0) is 16.4. The van der Waals surface area contributed by atoms with E-state index in [0.29, 0.717) is 10.7 Å². The van der Waals surface area contributed by atoms with Crippen LogP contribution in [-0.2, 0) is 13.7 Å². The van der Waals surface area contributed by atoms with Gasteiger partial charge in [-0.25, -0.2) is 4.98 Å². The van der Waals surface area contributed by atoms with Gasteiger partial charge in [-0.05, 0) is 34.4 Å². The van der Waals surface area contributed by atoms with E-state index in [0.717, 1.165) is 22.3 Å². The predicted octanol–water partition coefficient (Wildman–Crippen LogP) is 3.31. The number of aromatic nitrogens is 2. The molecule has 0 bridgehead atoms. The van der Waals surface area contributed by atoms with E-state index in [1.54, 1.807) is 29.2 Å². The van der Waals surface area contributed by atoms with Gasteiger partial charge in [0.1, 0.15) is 6.10 Å². The van der Waals surface area contributed by atoms with Crippen LogP contribution in [0.3, 0.4) is 0 Å². The number of aryl methyl sites for hydroxylation is 1. The minimum atomic E-state index is -0.834. The normalized spacial score (nSPS) is 12.3. The average Bonchev–Trinajstić information content (AvgIpc) is 3.00. The van der Waals surface area contributed by atoms with Crippen molar-refractivity contribution in [3.05, 3.63) is 76.8 Å². The fraction of sp³-hybridized carbons (Fsp3) is 0.167. The van der Waals surface area contributed by atoms with E-state index < -0.39 is 6.10 Å². The molecule has 5 heteroatoms. The quantitative estimate of drug-likeness (QED) is 0.772. The highest BCUT2D eigenvalue weighted by Crippen LogP contribution is 2.35. The van der Waals surface area contributed by atoms with E-state index in [4.69, 9.17) is 11.6 Å². The zero-order valence-electron chi connectivity index (χ0n) is 12.6. The zero-order valence-corrected chi connectivity index (χ0v) is 13.4. The lowest BCUT2D eigenvalue weighted by atomic mass is 9.91. The van der Waals surface area contributed by atoms with Gasteiger partial charge in [0.25, 0.3) is 0 Å². The Kier molecular flexibility index (Phi) is 4.48. The summed E-state index contributed by atoms with van der Waals surface area (Å²) < 4.78 is 1.78. The molecule has 1 atom stereocenters. The fourth-order valence-electron chi connectivity index (χ4n) is 2.74. The van der Waals surface area contributed by atoms with Crippen LogP contribution in [0.5, 0.6) is 0 Å². The molecule has 2 N–H and O–H groups in total. The predicted molar refractivity (Wildman–Crippen MR) is 90.1 cm³/mol. The summed E-state index contributed by atoms with van der Waals surface area (Å²) in [5.74, 6) is 0. The summed E-state index contributed by atoms with van der Waals surface area (Å²) in [6.45, 7) is -0.107. The lowest BCUT2D eigenvalue weighted by molar-refractivity contribution is 0.211. The number of benzene rings is 2. The first-order valence-electron chi connectivity index (χ1n) is 7.24. The Morgan fingerprint density at radius 3 is 2.52 bits per heavy atom. The second kappa shape index (κ2) is 6.54. The van der Waals surface area contributed by atoms with Crippen molar-refractivity contribution in [3.63, 3.8) is 0 Å². The Bertz CT molecular complexity index is 812. The summed E-state index contributed by atoms with van der Waals surface area (Å²) in [6, 6.07) is 12.9. The molecule has 0 aliphatic carbocycles. The topological polar surface area (TPSA) is 58.3 Å². The highest BCUT2D eigenvalue weighted by Gasteiger charge is 2.20. The number of hydrogen-bond donors (Lipinski definition) is 2. The van der Waals surface area contributed by atoms with Crippen molar-refractivity contribution < 1.29 is 10.2 Å². The van der Waals surface area contributed by atoms with Gasteiger partial charge in [-0.15, -0.1) is 0 Å². The van der Waals surface area contributed by atoms with E-state index in [9.17, 15) is 10.2 Å². The molecule has 23 heavy (non-hydrogen) atoms. The molecular formula is C18H17ClN2O2. The Morgan fingerprint density at radius 2 is 1.91 bits per heavy atom. The van der Waals surface area contributed by atoms with Gasteiger partial charge >= 0.3 is 0 Å². The molecule has 3 rings (SSSR count). The molecule has 1 unspecified atom stereocenters. The molecule has 0 radical (unpaired) electrons. The van der Waals surface area contributed by atoms with E-state index in [1.165, 1.54) is 0 Å². The number of halogens is 1. The van der Waals surface area contributed by atoms with Crippen LogP contribution in [0.4, 0.5) is 0 Å². The molecular weight excluding hydrogens is 312 g/mol. The van der Waals surface area contributed by atoms with Crippen LogP contribution in [0.1, 0.15) is 22.9 Å². The Labute approximate surface area is 139 Å². The minimum absolute atomic E-state index is 0.107. The van der Waals surface area contributed by atoms with Gasteiger partial charge in [0.15, 0.2) is 0 Å². The summed E-state index contributed by atoms with van der Waals surface area (Å²) in [5, 5.41) is 21.2. The SMILES string of the molecule is Cn1cncc1C(O)c1cccc(CO)c1-c1ccc(Cl)cc1.